The molecule has 0 saturated heterocycles. The van der Waals surface area contributed by atoms with Gasteiger partial charge in [-0.1, -0.05) is 61.9 Å². The summed E-state index contributed by atoms with van der Waals surface area (Å²) in [7, 11) is 2.19. The van der Waals surface area contributed by atoms with Crippen LogP contribution < -0.4 is 0 Å². The van der Waals surface area contributed by atoms with Crippen LogP contribution in [-0.2, 0) is 16.0 Å². The first-order chi connectivity index (χ1) is 17.9. The van der Waals surface area contributed by atoms with Crippen molar-refractivity contribution in [3.05, 3.63) is 71.6 Å². The highest BCUT2D eigenvalue weighted by Gasteiger charge is 2.53. The molecule has 3 aromatic rings. The molecule has 37 heavy (non-hydrogen) atoms. The van der Waals surface area contributed by atoms with Crippen molar-refractivity contribution in [3.8, 4) is 0 Å². The second-order valence-electron chi connectivity index (χ2n) is 11.5. The Morgan fingerprint density at radius 1 is 1.11 bits per heavy atom. The molecule has 0 unspecified atom stereocenters. The first-order valence-electron chi connectivity index (χ1n) is 14.0. The number of aromatic nitrogens is 2. The van der Waals surface area contributed by atoms with Gasteiger partial charge in [-0.3, -0.25) is 4.79 Å². The van der Waals surface area contributed by atoms with Crippen LogP contribution in [0.5, 0.6) is 0 Å². The normalized spacial score (nSPS) is 23.4. The molecule has 0 radical (unpaired) electrons. The van der Waals surface area contributed by atoms with E-state index in [0.29, 0.717) is 5.92 Å². The lowest BCUT2D eigenvalue weighted by Crippen LogP contribution is -2.53. The maximum atomic E-state index is 13.0. The van der Waals surface area contributed by atoms with E-state index in [4.69, 9.17) is 9.72 Å². The highest BCUT2D eigenvalue weighted by molar-refractivity contribution is 5.76. The number of nitrogens with one attached hydrogen (secondary N) is 1. The van der Waals surface area contributed by atoms with Gasteiger partial charge in [0.05, 0.1) is 17.0 Å². The quantitative estimate of drug-likeness (QED) is 0.317. The van der Waals surface area contributed by atoms with Crippen LogP contribution in [0.15, 0.2) is 60.2 Å². The number of para-hydroxylation sites is 2. The number of carbonyl (C=O) groups excluding carboxylic acids is 1. The van der Waals surface area contributed by atoms with Crippen LogP contribution in [0, 0.1) is 17.8 Å². The van der Waals surface area contributed by atoms with E-state index in [1.54, 1.807) is 0 Å². The number of aromatic amines is 1. The van der Waals surface area contributed by atoms with Crippen molar-refractivity contribution in [2.75, 3.05) is 20.1 Å². The van der Waals surface area contributed by atoms with E-state index >= 15 is 0 Å². The van der Waals surface area contributed by atoms with Gasteiger partial charge >= 0.3 is 5.97 Å². The number of esters is 1. The Bertz CT molecular complexity index is 1230. The number of fused-ring (bicyclic) bond motifs is 3. The summed E-state index contributed by atoms with van der Waals surface area (Å²) in [6, 6.07) is 19.0. The number of rotatable bonds is 10. The van der Waals surface area contributed by atoms with Crippen molar-refractivity contribution < 1.29 is 9.53 Å². The zero-order chi connectivity index (χ0) is 26.0. The van der Waals surface area contributed by atoms with E-state index in [2.05, 4.69) is 66.3 Å². The lowest BCUT2D eigenvalue weighted by molar-refractivity contribution is -0.176. The summed E-state index contributed by atoms with van der Waals surface area (Å²) in [6.45, 7) is 8.09. The van der Waals surface area contributed by atoms with Gasteiger partial charge < -0.3 is 14.6 Å². The summed E-state index contributed by atoms with van der Waals surface area (Å²) < 4.78 is 6.52. The Morgan fingerprint density at radius 2 is 1.86 bits per heavy atom. The summed E-state index contributed by atoms with van der Waals surface area (Å²) in [5.74, 6) is 1.61. The number of benzene rings is 2. The molecular weight excluding hydrogens is 458 g/mol. The van der Waals surface area contributed by atoms with E-state index in [0.717, 1.165) is 62.1 Å². The Hall–Kier alpha value is -2.92. The van der Waals surface area contributed by atoms with Crippen LogP contribution in [0.4, 0.5) is 0 Å². The van der Waals surface area contributed by atoms with E-state index in [1.165, 1.54) is 23.1 Å². The van der Waals surface area contributed by atoms with Crippen LogP contribution in [-0.4, -0.2) is 46.6 Å². The lowest BCUT2D eigenvalue weighted by atomic mass is 9.57. The molecule has 1 fully saturated rings. The minimum absolute atomic E-state index is 0.0647. The van der Waals surface area contributed by atoms with Crippen molar-refractivity contribution in [2.24, 2.45) is 17.8 Å². The van der Waals surface area contributed by atoms with Gasteiger partial charge in [0.25, 0.3) is 0 Å². The molecule has 2 bridgehead atoms. The van der Waals surface area contributed by atoms with Gasteiger partial charge in [-0.25, -0.2) is 4.98 Å². The monoisotopic (exact) mass is 499 g/mol. The molecular formula is C32H41N3O2. The average molecular weight is 500 g/mol. The van der Waals surface area contributed by atoms with E-state index in [-0.39, 0.29) is 17.8 Å². The third-order valence-corrected chi connectivity index (χ3v) is 8.59. The van der Waals surface area contributed by atoms with E-state index in [1.807, 2.05) is 26.0 Å². The average Bonchev–Trinajstić information content (AvgIpc) is 3.32. The predicted molar refractivity (Wildman–Crippen MR) is 150 cm³/mol. The lowest BCUT2D eigenvalue weighted by Gasteiger charge is -2.53. The molecule has 3 aliphatic rings. The largest absolute Gasteiger partial charge is 0.458 e. The molecule has 1 heterocycles. The maximum Gasteiger partial charge on any atom is 0.308 e. The number of carbonyl (C=O) groups is 1. The van der Waals surface area contributed by atoms with E-state index < -0.39 is 5.60 Å². The van der Waals surface area contributed by atoms with Gasteiger partial charge in [0.2, 0.25) is 0 Å². The van der Waals surface area contributed by atoms with Crippen molar-refractivity contribution in [1.82, 2.24) is 14.9 Å². The molecule has 1 N–H and O–H groups in total. The molecule has 1 aromatic heterocycles. The number of imidazole rings is 1. The number of hydrogen-bond donors (Lipinski definition) is 1. The first kappa shape index (κ1) is 25.7. The fraction of sp³-hybridized carbons (Fsp3) is 0.500. The highest BCUT2D eigenvalue weighted by atomic mass is 16.6. The fourth-order valence-corrected chi connectivity index (χ4v) is 6.50. The number of hydrogen-bond acceptors (Lipinski definition) is 4. The first-order valence-corrected chi connectivity index (χ1v) is 14.0. The Kier molecular flexibility index (Phi) is 7.52. The Labute approximate surface area is 221 Å². The Balaban J connectivity index is 1.28. The molecule has 3 atom stereocenters. The number of aryl methyl sites for hydroxylation is 1. The van der Waals surface area contributed by atoms with Crippen molar-refractivity contribution in [1.29, 1.82) is 0 Å². The number of nitrogens with zero attached hydrogens (tertiary/aromatic N) is 2. The summed E-state index contributed by atoms with van der Waals surface area (Å²) in [5, 5.41) is 0. The van der Waals surface area contributed by atoms with Crippen molar-refractivity contribution >= 4 is 22.6 Å². The molecule has 1 saturated carbocycles. The zero-order valence-electron chi connectivity index (χ0n) is 22.8. The summed E-state index contributed by atoms with van der Waals surface area (Å²) >= 11 is 0. The molecule has 6 rings (SSSR count). The summed E-state index contributed by atoms with van der Waals surface area (Å²) in [4.78, 5) is 23.6. The molecule has 0 amide bonds. The number of allylic oxidation sites excluding steroid dienone is 1. The zero-order valence-corrected chi connectivity index (χ0v) is 22.8. The van der Waals surface area contributed by atoms with Crippen LogP contribution in [0.2, 0.25) is 0 Å². The molecule has 196 valence electrons. The molecule has 0 aliphatic heterocycles. The van der Waals surface area contributed by atoms with Gasteiger partial charge in [0, 0.05) is 25.3 Å². The number of ether oxygens (including phenoxy) is 1. The van der Waals surface area contributed by atoms with Crippen LogP contribution in [0.3, 0.4) is 0 Å². The predicted octanol–water partition coefficient (Wildman–Crippen LogP) is 6.66. The van der Waals surface area contributed by atoms with Crippen LogP contribution in [0.25, 0.3) is 16.6 Å². The molecule has 3 aliphatic carbocycles. The molecule has 5 nitrogen and oxygen atoms in total. The standard InChI is InChI=1S/C32H41N3O2/c1-22(2)31(36)37-32(21-25-16-17-26(32)30(23(25)3)24-11-6-5-7-12-24)18-20-35(4)19-10-15-29-33-27-13-8-9-14-28(27)34-29/h5-9,11-14,22,25-26H,10,15-21H2,1-4H3,(H,33,34)/t25-,26-,32-/m1/s1. The van der Waals surface area contributed by atoms with Gasteiger partial charge in [0.15, 0.2) is 0 Å². The third kappa shape index (κ3) is 5.38. The minimum atomic E-state index is -0.429. The Morgan fingerprint density at radius 3 is 2.62 bits per heavy atom. The second kappa shape index (κ2) is 10.8. The number of H-pyrrole nitrogens is 1. The van der Waals surface area contributed by atoms with Crippen LogP contribution >= 0.6 is 0 Å². The van der Waals surface area contributed by atoms with Crippen molar-refractivity contribution in [3.63, 3.8) is 0 Å². The summed E-state index contributed by atoms with van der Waals surface area (Å²) in [5.41, 5.74) is 5.92. The highest BCUT2D eigenvalue weighted by Crippen LogP contribution is 2.56. The smallest absolute Gasteiger partial charge is 0.308 e. The molecule has 0 spiro atoms. The van der Waals surface area contributed by atoms with E-state index in [9.17, 15) is 4.79 Å². The molecule has 2 aromatic carbocycles. The van der Waals surface area contributed by atoms with Gasteiger partial charge in [-0.15, -0.1) is 0 Å². The summed E-state index contributed by atoms with van der Waals surface area (Å²) in [6.07, 6.45) is 6.07. The maximum absolute atomic E-state index is 13.0. The topological polar surface area (TPSA) is 58.2 Å². The van der Waals surface area contributed by atoms with Gasteiger partial charge in [0.1, 0.15) is 11.4 Å². The van der Waals surface area contributed by atoms with Gasteiger partial charge in [-0.05, 0) is 75.4 Å². The van der Waals surface area contributed by atoms with Crippen molar-refractivity contribution in [2.45, 2.75) is 64.9 Å². The SMILES string of the molecule is CC1=C(c2ccccc2)[C@H]2CC[C@@H]1C[C@@]2(CCN(C)CCCc1nc2ccccc2[nH]1)OC(=O)C(C)C. The minimum Gasteiger partial charge on any atom is -0.458 e. The third-order valence-electron chi connectivity index (χ3n) is 8.59. The molecule has 5 heteroatoms. The van der Waals surface area contributed by atoms with Gasteiger partial charge in [-0.2, -0.15) is 0 Å². The van der Waals surface area contributed by atoms with Crippen LogP contribution in [0.1, 0.15) is 64.3 Å². The fourth-order valence-electron chi connectivity index (χ4n) is 6.50. The second-order valence-corrected chi connectivity index (χ2v) is 11.5.